The lowest BCUT2D eigenvalue weighted by Gasteiger charge is -2.17. The number of aliphatic carboxylic acids is 1. The van der Waals surface area contributed by atoms with Crippen LogP contribution in [0.2, 0.25) is 0 Å². The number of phenols is 1. The number of phenolic OH excluding ortho intramolecular Hbond substituents is 1. The molecule has 0 radical (unpaired) electrons. The number of guanidine groups is 1. The molecule has 0 fully saturated rings. The van der Waals surface area contributed by atoms with Crippen molar-refractivity contribution in [2.24, 2.45) is 28.3 Å². The number of hydrogen-bond acceptors (Lipinski definition) is 4. The Morgan fingerprint density at radius 2 is 1.66 bits per heavy atom. The van der Waals surface area contributed by atoms with Gasteiger partial charge in [-0.1, -0.05) is 57.6 Å². The molecule has 0 aromatic heterocycles. The number of carboxylic acids is 1. The molecule has 1 aromatic rings. The van der Waals surface area contributed by atoms with E-state index < -0.39 is 5.97 Å². The van der Waals surface area contributed by atoms with Gasteiger partial charge in [-0.15, -0.1) is 0 Å². The van der Waals surface area contributed by atoms with Crippen LogP contribution < -0.4 is 11.5 Å². The fraction of sp³-hybridized carbons (Fsp3) is 0.560. The number of nitrogens with two attached hydrogens (primary N) is 2. The molecular formula is C25H39N3O4. The molecule has 0 amide bonds. The summed E-state index contributed by atoms with van der Waals surface area (Å²) in [5, 5.41) is 18.6. The van der Waals surface area contributed by atoms with Crippen LogP contribution in [0.3, 0.4) is 0 Å². The predicted octanol–water partition coefficient (Wildman–Crippen LogP) is 4.18. The van der Waals surface area contributed by atoms with E-state index in [4.69, 9.17) is 16.6 Å². The van der Waals surface area contributed by atoms with Gasteiger partial charge in [0.1, 0.15) is 12.0 Å². The van der Waals surface area contributed by atoms with Crippen LogP contribution in [0.15, 0.2) is 40.9 Å². The summed E-state index contributed by atoms with van der Waals surface area (Å²) in [6.07, 6.45) is 12.1. The van der Waals surface area contributed by atoms with Gasteiger partial charge in [-0.05, 0) is 54.9 Å². The first kappa shape index (κ1) is 27.2. The van der Waals surface area contributed by atoms with Crippen molar-refractivity contribution in [3.05, 3.63) is 41.5 Å². The Kier molecular flexibility index (Phi) is 13.5. The fourth-order valence-electron chi connectivity index (χ4n) is 3.81. The molecule has 0 heterocycles. The van der Waals surface area contributed by atoms with Gasteiger partial charge in [-0.25, -0.2) is 9.79 Å². The number of hydrogen-bond donors (Lipinski definition) is 4. The van der Waals surface area contributed by atoms with Crippen molar-refractivity contribution in [1.82, 2.24) is 0 Å². The third-order valence-corrected chi connectivity index (χ3v) is 5.62. The smallest absolute Gasteiger partial charge is 0.328 e. The van der Waals surface area contributed by atoms with Crippen LogP contribution in [0.25, 0.3) is 0 Å². The zero-order chi connectivity index (χ0) is 23.8. The van der Waals surface area contributed by atoms with Crippen molar-refractivity contribution in [3.63, 3.8) is 0 Å². The highest BCUT2D eigenvalue weighted by molar-refractivity contribution is 5.81. The molecule has 0 saturated carbocycles. The summed E-state index contributed by atoms with van der Waals surface area (Å²) < 4.78 is 0. The van der Waals surface area contributed by atoms with Crippen LogP contribution >= 0.6 is 0 Å². The van der Waals surface area contributed by atoms with Gasteiger partial charge in [0.25, 0.3) is 0 Å². The molecule has 0 aliphatic carbocycles. The Morgan fingerprint density at radius 1 is 1.03 bits per heavy atom. The molecule has 0 aliphatic heterocycles. The summed E-state index contributed by atoms with van der Waals surface area (Å²) in [5.74, 6) is -0.103. The second-order valence-electron chi connectivity index (χ2n) is 8.62. The molecule has 7 nitrogen and oxygen atoms in total. The molecular weight excluding hydrogens is 406 g/mol. The van der Waals surface area contributed by atoms with Gasteiger partial charge in [0.2, 0.25) is 0 Å². The first-order chi connectivity index (χ1) is 15.3. The number of carbonyl (C=O) groups excluding carboxylic acids is 1. The van der Waals surface area contributed by atoms with E-state index in [0.717, 1.165) is 64.1 Å². The molecule has 0 spiro atoms. The van der Waals surface area contributed by atoms with Crippen LogP contribution in [0.4, 0.5) is 0 Å². The standard InChI is InChI=1S/C25H39N3O4/c1-19(18-29)7-3-2-4-8-20(15-21-11-13-23(30)14-12-21)9-5-6-10-22(16-24(31)32)17-28-25(26)27/h11-14,16,18-20,30H,2-10,15,17H2,1H3,(H,31,32)(H4,26,27,28)/b22-16-/t19-,20+/m0/s1. The van der Waals surface area contributed by atoms with Gasteiger partial charge < -0.3 is 26.5 Å². The fourth-order valence-corrected chi connectivity index (χ4v) is 3.81. The SMILES string of the molecule is C[C@H](C=O)CCCCC[C@H](CCCC/C(=C/C(=O)O)CN=C(N)N)Cc1ccc(O)cc1. The molecule has 32 heavy (non-hydrogen) atoms. The number of aldehydes is 1. The second kappa shape index (κ2) is 15.9. The number of benzene rings is 1. The lowest BCUT2D eigenvalue weighted by molar-refractivity contribution is -0.131. The molecule has 0 saturated heterocycles. The zero-order valence-corrected chi connectivity index (χ0v) is 19.2. The Morgan fingerprint density at radius 3 is 2.25 bits per heavy atom. The van der Waals surface area contributed by atoms with Gasteiger partial charge in [-0.3, -0.25) is 0 Å². The van der Waals surface area contributed by atoms with E-state index in [1.165, 1.54) is 11.6 Å². The van der Waals surface area contributed by atoms with E-state index in [1.807, 2.05) is 19.1 Å². The Balaban J connectivity index is 2.55. The summed E-state index contributed by atoms with van der Waals surface area (Å²) in [6.45, 7) is 2.17. The monoisotopic (exact) mass is 445 g/mol. The maximum absolute atomic E-state index is 11.0. The van der Waals surface area contributed by atoms with E-state index in [9.17, 15) is 14.7 Å². The minimum Gasteiger partial charge on any atom is -0.508 e. The molecule has 0 aliphatic rings. The highest BCUT2D eigenvalue weighted by Crippen LogP contribution is 2.24. The van der Waals surface area contributed by atoms with Gasteiger partial charge in [0, 0.05) is 12.0 Å². The molecule has 0 unspecified atom stereocenters. The van der Waals surface area contributed by atoms with E-state index in [-0.39, 0.29) is 24.2 Å². The molecule has 7 heteroatoms. The number of nitrogens with zero attached hydrogens (tertiary/aromatic N) is 1. The second-order valence-corrected chi connectivity index (χ2v) is 8.62. The Hall–Kier alpha value is -2.83. The zero-order valence-electron chi connectivity index (χ0n) is 19.2. The van der Waals surface area contributed by atoms with Crippen LogP contribution in [0.5, 0.6) is 5.75 Å². The maximum atomic E-state index is 11.0. The molecule has 0 bridgehead atoms. The average molecular weight is 446 g/mol. The first-order valence-corrected chi connectivity index (χ1v) is 11.5. The molecule has 6 N–H and O–H groups in total. The van der Waals surface area contributed by atoms with Crippen LogP contribution in [-0.4, -0.2) is 35.0 Å². The van der Waals surface area contributed by atoms with Crippen molar-refractivity contribution in [3.8, 4) is 5.75 Å². The van der Waals surface area contributed by atoms with Crippen molar-refractivity contribution in [1.29, 1.82) is 0 Å². The molecule has 1 aromatic carbocycles. The highest BCUT2D eigenvalue weighted by Gasteiger charge is 2.11. The summed E-state index contributed by atoms with van der Waals surface area (Å²) in [6, 6.07) is 7.38. The van der Waals surface area contributed by atoms with Crippen molar-refractivity contribution >= 4 is 18.2 Å². The molecule has 178 valence electrons. The Labute approximate surface area is 191 Å². The van der Waals surface area contributed by atoms with Gasteiger partial charge >= 0.3 is 5.97 Å². The topological polar surface area (TPSA) is 139 Å². The number of aliphatic imine (C=N–C) groups is 1. The van der Waals surface area contributed by atoms with E-state index in [0.29, 0.717) is 17.9 Å². The summed E-state index contributed by atoms with van der Waals surface area (Å²) in [4.78, 5) is 25.7. The van der Waals surface area contributed by atoms with E-state index in [2.05, 4.69) is 4.99 Å². The highest BCUT2D eigenvalue weighted by atomic mass is 16.4. The normalized spacial score (nSPS) is 13.3. The third kappa shape index (κ3) is 13.5. The summed E-state index contributed by atoms with van der Waals surface area (Å²) in [5.41, 5.74) is 12.6. The number of rotatable bonds is 17. The van der Waals surface area contributed by atoms with Crippen molar-refractivity contribution < 1.29 is 19.8 Å². The number of carboxylic acid groups (broad SMARTS) is 1. The number of unbranched alkanes of at least 4 members (excludes halogenated alkanes) is 3. The van der Waals surface area contributed by atoms with E-state index in [1.54, 1.807) is 12.1 Å². The quantitative estimate of drug-likeness (QED) is 0.0932. The lowest BCUT2D eigenvalue weighted by Crippen LogP contribution is -2.23. The van der Waals surface area contributed by atoms with Gasteiger partial charge in [0.15, 0.2) is 5.96 Å². The molecule has 1 rings (SSSR count). The third-order valence-electron chi connectivity index (χ3n) is 5.62. The average Bonchev–Trinajstić information content (AvgIpc) is 2.75. The van der Waals surface area contributed by atoms with Crippen molar-refractivity contribution in [2.75, 3.05) is 6.54 Å². The van der Waals surface area contributed by atoms with Gasteiger partial charge in [0.05, 0.1) is 6.54 Å². The minimum absolute atomic E-state index is 0.0437. The first-order valence-electron chi connectivity index (χ1n) is 11.5. The van der Waals surface area contributed by atoms with Crippen molar-refractivity contribution in [2.45, 2.75) is 71.1 Å². The number of carbonyl (C=O) groups is 2. The lowest BCUT2D eigenvalue weighted by atomic mass is 9.88. The van der Waals surface area contributed by atoms with Crippen LogP contribution in [0, 0.1) is 11.8 Å². The maximum Gasteiger partial charge on any atom is 0.328 e. The summed E-state index contributed by atoms with van der Waals surface area (Å²) >= 11 is 0. The van der Waals surface area contributed by atoms with Crippen LogP contribution in [-0.2, 0) is 16.0 Å². The largest absolute Gasteiger partial charge is 0.508 e. The van der Waals surface area contributed by atoms with Gasteiger partial charge in [-0.2, -0.15) is 0 Å². The van der Waals surface area contributed by atoms with Crippen LogP contribution in [0.1, 0.15) is 70.3 Å². The minimum atomic E-state index is -0.986. The Bertz CT molecular complexity index is 740. The van der Waals surface area contributed by atoms with E-state index >= 15 is 0 Å². The molecule has 2 atom stereocenters. The summed E-state index contributed by atoms with van der Waals surface area (Å²) in [7, 11) is 0. The number of aromatic hydroxyl groups is 1. The predicted molar refractivity (Wildman–Crippen MR) is 128 cm³/mol.